The molecule has 0 spiro atoms. The molecule has 6 nitrogen and oxygen atoms in total. The highest BCUT2D eigenvalue weighted by atomic mass is 16.5. The summed E-state index contributed by atoms with van der Waals surface area (Å²) in [6.45, 7) is 2.47. The number of aromatic nitrogens is 1. The molecule has 6 heteroatoms. The van der Waals surface area contributed by atoms with Crippen LogP contribution in [0.15, 0.2) is 41.1 Å². The van der Waals surface area contributed by atoms with Crippen molar-refractivity contribution in [1.82, 2.24) is 9.88 Å². The molecule has 25 heavy (non-hydrogen) atoms. The van der Waals surface area contributed by atoms with Crippen LogP contribution < -0.4 is 0 Å². The highest BCUT2D eigenvalue weighted by Gasteiger charge is 2.24. The maximum absolute atomic E-state index is 12.4. The molecule has 3 rings (SSSR count). The van der Waals surface area contributed by atoms with Gasteiger partial charge in [-0.1, -0.05) is 6.07 Å². The predicted octanol–water partition coefficient (Wildman–Crippen LogP) is 3.44. The summed E-state index contributed by atoms with van der Waals surface area (Å²) in [6, 6.07) is 6.92. The average Bonchev–Trinajstić information content (AvgIpc) is 2.91. The zero-order valence-electron chi connectivity index (χ0n) is 14.4. The second-order valence-electron chi connectivity index (χ2n) is 5.97. The van der Waals surface area contributed by atoms with Crippen LogP contribution in [0.5, 0.6) is 5.75 Å². The largest absolute Gasteiger partial charge is 0.507 e. The van der Waals surface area contributed by atoms with Gasteiger partial charge < -0.3 is 19.2 Å². The van der Waals surface area contributed by atoms with Crippen molar-refractivity contribution < 1.29 is 19.1 Å². The van der Waals surface area contributed by atoms with Crippen LogP contribution in [0.2, 0.25) is 0 Å². The van der Waals surface area contributed by atoms with Gasteiger partial charge in [-0.2, -0.15) is 0 Å². The number of ether oxygens (including phenoxy) is 1. The Morgan fingerprint density at radius 3 is 2.80 bits per heavy atom. The molecule has 130 valence electrons. The lowest BCUT2D eigenvalue weighted by Crippen LogP contribution is -2.14. The van der Waals surface area contributed by atoms with Gasteiger partial charge in [0.15, 0.2) is 0 Å². The van der Waals surface area contributed by atoms with Crippen LogP contribution in [0.1, 0.15) is 23.0 Å². The Hall–Kier alpha value is -2.86. The van der Waals surface area contributed by atoms with Gasteiger partial charge >= 0.3 is 5.97 Å². The van der Waals surface area contributed by atoms with E-state index in [2.05, 4.69) is 4.98 Å². The molecule has 0 amide bonds. The molecule has 1 aromatic carbocycles. The van der Waals surface area contributed by atoms with Gasteiger partial charge in [0.05, 0.1) is 13.2 Å². The Morgan fingerprint density at radius 1 is 1.36 bits per heavy atom. The molecule has 0 radical (unpaired) electrons. The number of hydrogen-bond acceptors (Lipinski definition) is 6. The second kappa shape index (κ2) is 6.94. The smallest absolute Gasteiger partial charge is 0.342 e. The minimum atomic E-state index is -0.452. The maximum Gasteiger partial charge on any atom is 0.342 e. The number of benzene rings is 1. The summed E-state index contributed by atoms with van der Waals surface area (Å²) < 4.78 is 11.1. The van der Waals surface area contributed by atoms with Gasteiger partial charge in [-0.3, -0.25) is 4.98 Å². The molecule has 0 saturated heterocycles. The molecule has 3 aromatic rings. The number of fused-ring (bicyclic) bond motifs is 1. The predicted molar refractivity (Wildman–Crippen MR) is 94.5 cm³/mol. The maximum atomic E-state index is 12.4. The Balaban J connectivity index is 2.19. The first kappa shape index (κ1) is 17.0. The fraction of sp³-hybridized carbons (Fsp3) is 0.263. The van der Waals surface area contributed by atoms with Crippen molar-refractivity contribution in [2.45, 2.75) is 13.5 Å². The number of aromatic hydroxyl groups is 1. The standard InChI is InChI=1S/C19H20N2O4/c1-4-24-19(23)18-14-8-15(22)13(12-6-5-7-20-10-12)9-16(14)25-17(18)11-21(2)3/h5-10,22H,4,11H2,1-3H3. The van der Waals surface area contributed by atoms with E-state index in [1.165, 1.54) is 0 Å². The third-order valence-electron chi connectivity index (χ3n) is 3.79. The molecular formula is C19H20N2O4. The summed E-state index contributed by atoms with van der Waals surface area (Å²) in [5.74, 6) is 0.121. The third kappa shape index (κ3) is 3.34. The summed E-state index contributed by atoms with van der Waals surface area (Å²) in [5, 5.41) is 11.0. The fourth-order valence-corrected chi connectivity index (χ4v) is 2.76. The Morgan fingerprint density at radius 2 is 2.16 bits per heavy atom. The first-order valence-electron chi connectivity index (χ1n) is 8.02. The summed E-state index contributed by atoms with van der Waals surface area (Å²) in [5.41, 5.74) is 2.25. The Labute approximate surface area is 145 Å². The molecule has 0 unspecified atom stereocenters. The topological polar surface area (TPSA) is 75.8 Å². The van der Waals surface area contributed by atoms with E-state index in [9.17, 15) is 9.90 Å². The molecule has 0 aliphatic carbocycles. The van der Waals surface area contributed by atoms with Crippen LogP contribution in [0, 0.1) is 0 Å². The van der Waals surface area contributed by atoms with Gasteiger partial charge in [-0.05, 0) is 39.2 Å². The van der Waals surface area contributed by atoms with Crippen LogP contribution in [-0.4, -0.2) is 41.7 Å². The SMILES string of the molecule is CCOC(=O)c1c(CN(C)C)oc2cc(-c3cccnc3)c(O)cc12. The summed E-state index contributed by atoms with van der Waals surface area (Å²) in [7, 11) is 3.78. The van der Waals surface area contributed by atoms with Gasteiger partial charge in [-0.25, -0.2) is 4.79 Å². The molecule has 2 heterocycles. The van der Waals surface area contributed by atoms with Gasteiger partial charge in [0.25, 0.3) is 0 Å². The molecule has 0 atom stereocenters. The molecule has 0 saturated carbocycles. The van der Waals surface area contributed by atoms with Crippen molar-refractivity contribution >= 4 is 16.9 Å². The summed E-state index contributed by atoms with van der Waals surface area (Å²) in [4.78, 5) is 18.4. The number of phenols is 1. The van der Waals surface area contributed by atoms with E-state index in [1.54, 1.807) is 37.5 Å². The van der Waals surface area contributed by atoms with Gasteiger partial charge in [0, 0.05) is 28.9 Å². The number of carbonyl (C=O) groups excluding carboxylic acids is 1. The first-order valence-corrected chi connectivity index (χ1v) is 8.02. The van der Waals surface area contributed by atoms with Gasteiger partial charge in [-0.15, -0.1) is 0 Å². The van der Waals surface area contributed by atoms with E-state index in [0.717, 1.165) is 5.56 Å². The lowest BCUT2D eigenvalue weighted by atomic mass is 10.0. The quantitative estimate of drug-likeness (QED) is 0.717. The van der Waals surface area contributed by atoms with E-state index in [1.807, 2.05) is 25.1 Å². The van der Waals surface area contributed by atoms with Gasteiger partial charge in [0.2, 0.25) is 0 Å². The van der Waals surface area contributed by atoms with Crippen LogP contribution in [0.4, 0.5) is 0 Å². The minimum absolute atomic E-state index is 0.0586. The molecule has 1 N–H and O–H groups in total. The highest BCUT2D eigenvalue weighted by Crippen LogP contribution is 2.37. The Kier molecular flexibility index (Phi) is 4.72. The number of pyridine rings is 1. The van der Waals surface area contributed by atoms with Crippen LogP contribution in [0.3, 0.4) is 0 Å². The number of furan rings is 1. The molecular weight excluding hydrogens is 320 g/mol. The third-order valence-corrected chi connectivity index (χ3v) is 3.79. The van der Waals surface area contributed by atoms with Gasteiger partial charge in [0.1, 0.15) is 22.7 Å². The van der Waals surface area contributed by atoms with Crippen molar-refractivity contribution in [3.05, 3.63) is 48.0 Å². The number of phenolic OH excluding ortho intramolecular Hbond substituents is 1. The number of hydrogen-bond donors (Lipinski definition) is 1. The molecule has 0 aliphatic rings. The number of esters is 1. The van der Waals surface area contributed by atoms with Crippen LogP contribution in [-0.2, 0) is 11.3 Å². The monoisotopic (exact) mass is 340 g/mol. The zero-order chi connectivity index (χ0) is 18.0. The first-order chi connectivity index (χ1) is 12.0. The van der Waals surface area contributed by atoms with E-state index in [-0.39, 0.29) is 12.4 Å². The number of nitrogens with zero attached hydrogens (tertiary/aromatic N) is 2. The minimum Gasteiger partial charge on any atom is -0.507 e. The highest BCUT2D eigenvalue weighted by molar-refractivity contribution is 6.06. The number of carbonyl (C=O) groups is 1. The van der Waals surface area contributed by atoms with E-state index in [0.29, 0.717) is 34.4 Å². The Bertz CT molecular complexity index is 901. The second-order valence-corrected chi connectivity index (χ2v) is 5.97. The summed E-state index contributed by atoms with van der Waals surface area (Å²) >= 11 is 0. The molecule has 0 bridgehead atoms. The average molecular weight is 340 g/mol. The molecule has 0 aliphatic heterocycles. The van der Waals surface area contributed by atoms with Crippen molar-refractivity contribution in [1.29, 1.82) is 0 Å². The van der Waals surface area contributed by atoms with Crippen molar-refractivity contribution in [2.24, 2.45) is 0 Å². The van der Waals surface area contributed by atoms with Crippen molar-refractivity contribution in [2.75, 3.05) is 20.7 Å². The van der Waals surface area contributed by atoms with Crippen molar-refractivity contribution in [3.63, 3.8) is 0 Å². The number of rotatable bonds is 5. The van der Waals surface area contributed by atoms with Crippen molar-refractivity contribution in [3.8, 4) is 16.9 Å². The van der Waals surface area contributed by atoms with E-state index >= 15 is 0 Å². The summed E-state index contributed by atoms with van der Waals surface area (Å²) in [6.07, 6.45) is 3.33. The zero-order valence-corrected chi connectivity index (χ0v) is 14.4. The van der Waals surface area contributed by atoms with E-state index < -0.39 is 5.97 Å². The lowest BCUT2D eigenvalue weighted by molar-refractivity contribution is 0.0524. The lowest BCUT2D eigenvalue weighted by Gasteiger charge is -2.08. The fourth-order valence-electron chi connectivity index (χ4n) is 2.76. The molecule has 2 aromatic heterocycles. The normalized spacial score (nSPS) is 11.2. The molecule has 0 fully saturated rings. The van der Waals surface area contributed by atoms with E-state index in [4.69, 9.17) is 9.15 Å². The van der Waals surface area contributed by atoms with Crippen LogP contribution in [0.25, 0.3) is 22.1 Å². The van der Waals surface area contributed by atoms with Crippen LogP contribution >= 0.6 is 0 Å².